The zero-order valence-electron chi connectivity index (χ0n) is 26.2. The summed E-state index contributed by atoms with van der Waals surface area (Å²) in [6, 6.07) is -0.318. The van der Waals surface area contributed by atoms with E-state index in [0.717, 1.165) is 25.7 Å². The van der Waals surface area contributed by atoms with Crippen molar-refractivity contribution in [2.75, 3.05) is 47.6 Å². The van der Waals surface area contributed by atoms with E-state index in [2.05, 4.69) is 0 Å². The van der Waals surface area contributed by atoms with Gasteiger partial charge in [0.1, 0.15) is 0 Å². The predicted octanol–water partition coefficient (Wildman–Crippen LogP) is 4.62. The molecule has 12 nitrogen and oxygen atoms in total. The molecule has 2 amide bonds. The van der Waals surface area contributed by atoms with Crippen molar-refractivity contribution >= 4 is 24.1 Å². The number of piperidine rings is 2. The number of hydrogen-bond donors (Lipinski definition) is 1. The van der Waals surface area contributed by atoms with Gasteiger partial charge in [-0.15, -0.1) is 0 Å². The van der Waals surface area contributed by atoms with Gasteiger partial charge in [0.05, 0.1) is 70.7 Å². The molecular formula is C31H52N2O10. The number of carboxylic acid groups (broad SMARTS) is 1. The number of aliphatic carboxylic acids is 1. The van der Waals surface area contributed by atoms with Crippen molar-refractivity contribution in [2.24, 2.45) is 11.8 Å². The van der Waals surface area contributed by atoms with Gasteiger partial charge in [0.25, 0.3) is 0 Å². The lowest BCUT2D eigenvalue weighted by Crippen LogP contribution is -2.50. The molecule has 4 rings (SSSR count). The van der Waals surface area contributed by atoms with E-state index in [-0.39, 0.29) is 42.3 Å². The van der Waals surface area contributed by atoms with Crippen molar-refractivity contribution in [3.63, 3.8) is 0 Å². The molecule has 246 valence electrons. The predicted molar refractivity (Wildman–Crippen MR) is 157 cm³/mol. The number of likely N-dealkylation sites (tertiary alicyclic amines) is 2. The van der Waals surface area contributed by atoms with Crippen LogP contribution in [0.15, 0.2) is 0 Å². The van der Waals surface area contributed by atoms with E-state index in [1.54, 1.807) is 9.80 Å². The molecule has 0 radical (unpaired) electrons. The van der Waals surface area contributed by atoms with Gasteiger partial charge in [-0.1, -0.05) is 38.5 Å². The molecule has 0 bridgehead atoms. The highest BCUT2D eigenvalue weighted by molar-refractivity contribution is 5.74. The van der Waals surface area contributed by atoms with Gasteiger partial charge in [0, 0.05) is 13.1 Å². The zero-order chi connectivity index (χ0) is 31.2. The molecule has 1 N–H and O–H groups in total. The lowest BCUT2D eigenvalue weighted by molar-refractivity contribution is -0.148. The van der Waals surface area contributed by atoms with Crippen molar-refractivity contribution in [3.8, 4) is 0 Å². The van der Waals surface area contributed by atoms with Gasteiger partial charge in [-0.05, 0) is 51.4 Å². The Morgan fingerprint density at radius 1 is 0.605 bits per heavy atom. The minimum absolute atomic E-state index is 0.118. The van der Waals surface area contributed by atoms with Crippen LogP contribution in [0.1, 0.15) is 89.9 Å². The minimum Gasteiger partial charge on any atom is -0.481 e. The average Bonchev–Trinajstić information content (AvgIpc) is 3.06. The van der Waals surface area contributed by atoms with Gasteiger partial charge in [-0.3, -0.25) is 9.59 Å². The third kappa shape index (κ3) is 10.8. The van der Waals surface area contributed by atoms with Crippen LogP contribution in [0.4, 0.5) is 9.59 Å². The molecule has 0 spiro atoms. The zero-order valence-corrected chi connectivity index (χ0v) is 26.2. The topological polar surface area (TPSA) is 141 Å². The Balaban J connectivity index is 0.000000236. The van der Waals surface area contributed by atoms with Crippen LogP contribution < -0.4 is 0 Å². The van der Waals surface area contributed by atoms with E-state index in [0.29, 0.717) is 52.0 Å². The van der Waals surface area contributed by atoms with Crippen molar-refractivity contribution in [1.29, 1.82) is 0 Å². The Labute approximate surface area is 255 Å². The molecule has 0 aromatic heterocycles. The molecule has 4 unspecified atom stereocenters. The highest BCUT2D eigenvalue weighted by Gasteiger charge is 2.37. The van der Waals surface area contributed by atoms with Gasteiger partial charge in [-0.2, -0.15) is 0 Å². The van der Waals surface area contributed by atoms with Crippen molar-refractivity contribution in [3.05, 3.63) is 0 Å². The van der Waals surface area contributed by atoms with Crippen LogP contribution >= 0.6 is 0 Å². The fraction of sp³-hybridized carbons (Fsp3) is 0.871. The van der Waals surface area contributed by atoms with E-state index < -0.39 is 18.0 Å². The maximum atomic E-state index is 11.9. The molecule has 4 aliphatic rings. The lowest BCUT2D eigenvalue weighted by Gasteiger charge is -2.38. The first-order valence-electron chi connectivity index (χ1n) is 16.0. The summed E-state index contributed by atoms with van der Waals surface area (Å²) in [6.07, 6.45) is 13.5. The third-order valence-corrected chi connectivity index (χ3v) is 9.29. The second-order valence-electron chi connectivity index (χ2n) is 12.1. The number of esters is 1. The summed E-state index contributed by atoms with van der Waals surface area (Å²) in [5.74, 6) is -1.55. The van der Waals surface area contributed by atoms with E-state index in [1.165, 1.54) is 59.9 Å². The average molecular weight is 613 g/mol. The van der Waals surface area contributed by atoms with Gasteiger partial charge in [0.15, 0.2) is 0 Å². The molecule has 12 heteroatoms. The molecule has 2 heterocycles. The van der Waals surface area contributed by atoms with Gasteiger partial charge in [0.2, 0.25) is 0 Å². The van der Waals surface area contributed by atoms with Gasteiger partial charge in [-0.25, -0.2) is 9.59 Å². The lowest BCUT2D eigenvalue weighted by atomic mass is 9.91. The summed E-state index contributed by atoms with van der Waals surface area (Å²) in [7, 11) is 4.14. The second kappa shape index (κ2) is 18.3. The van der Waals surface area contributed by atoms with Gasteiger partial charge < -0.3 is 38.6 Å². The summed E-state index contributed by atoms with van der Waals surface area (Å²) in [5, 5.41) is 9.18. The number of methoxy groups -OCH3 is 3. The standard InChI is InChI=1S/C16H27NO5.C15H25NO5/c1-20-15(18)12-8-9-17(16(19)21-2)13(10-12)11-22-14-6-4-3-5-7-14;1-20-15(19)16-8-7-11(14(17)18)9-12(16)10-21-13-5-3-2-4-6-13/h12-14H,3-11H2,1-2H3;11-13H,2-10H2,1H3,(H,17,18). The number of hydrogen-bond acceptors (Lipinski definition) is 9. The molecule has 2 saturated heterocycles. The minimum atomic E-state index is -0.790. The van der Waals surface area contributed by atoms with E-state index >= 15 is 0 Å². The summed E-state index contributed by atoms with van der Waals surface area (Å²) in [4.78, 5) is 50.0. The number of ether oxygens (including phenoxy) is 5. The molecule has 43 heavy (non-hydrogen) atoms. The Morgan fingerprint density at radius 2 is 1.02 bits per heavy atom. The molecule has 4 atom stereocenters. The molecular weight excluding hydrogens is 560 g/mol. The summed E-state index contributed by atoms with van der Waals surface area (Å²) in [6.45, 7) is 1.80. The van der Waals surface area contributed by atoms with E-state index in [1.807, 2.05) is 0 Å². The number of nitrogens with zero attached hydrogens (tertiary/aromatic N) is 2. The summed E-state index contributed by atoms with van der Waals surface area (Å²) < 4.78 is 26.4. The second-order valence-corrected chi connectivity index (χ2v) is 12.1. The number of carboxylic acids is 1. The van der Waals surface area contributed by atoms with Crippen LogP contribution in [0.3, 0.4) is 0 Å². The summed E-state index contributed by atoms with van der Waals surface area (Å²) >= 11 is 0. The van der Waals surface area contributed by atoms with Crippen molar-refractivity contribution in [2.45, 2.75) is 114 Å². The quantitative estimate of drug-likeness (QED) is 0.305. The number of amides is 2. The molecule has 0 aromatic carbocycles. The SMILES string of the molecule is COC(=O)C1CCN(C(=O)OC)C(COC2CCCCC2)C1.COC(=O)N1CCC(C(=O)O)CC1COC1CCCCC1. The Bertz CT molecular complexity index is 890. The maximum Gasteiger partial charge on any atom is 0.409 e. The Hall–Kier alpha value is -2.60. The first-order valence-corrected chi connectivity index (χ1v) is 16.0. The van der Waals surface area contributed by atoms with E-state index in [4.69, 9.17) is 23.7 Å². The number of rotatable bonds is 8. The highest BCUT2D eigenvalue weighted by atomic mass is 16.6. The molecule has 0 aromatic rings. The molecule has 2 aliphatic carbocycles. The van der Waals surface area contributed by atoms with Crippen molar-refractivity contribution < 1.29 is 48.0 Å². The number of carbonyl (C=O) groups excluding carboxylic acids is 3. The van der Waals surface area contributed by atoms with Crippen LogP contribution in [0.2, 0.25) is 0 Å². The molecule has 2 saturated carbocycles. The largest absolute Gasteiger partial charge is 0.481 e. The Kier molecular flexibility index (Phi) is 14.8. The fourth-order valence-electron chi connectivity index (χ4n) is 6.70. The normalized spacial score (nSPS) is 27.0. The van der Waals surface area contributed by atoms with E-state index in [9.17, 15) is 24.3 Å². The van der Waals surface area contributed by atoms with Crippen LogP contribution in [0.5, 0.6) is 0 Å². The summed E-state index contributed by atoms with van der Waals surface area (Å²) in [5.41, 5.74) is 0. The number of carbonyl (C=O) groups is 4. The molecule has 2 aliphatic heterocycles. The van der Waals surface area contributed by atoms with Gasteiger partial charge >= 0.3 is 24.1 Å². The smallest absolute Gasteiger partial charge is 0.409 e. The highest BCUT2D eigenvalue weighted by Crippen LogP contribution is 2.28. The van der Waals surface area contributed by atoms with Crippen LogP contribution in [0, 0.1) is 11.8 Å². The Morgan fingerprint density at radius 3 is 1.42 bits per heavy atom. The molecule has 4 fully saturated rings. The first kappa shape index (κ1) is 34.9. The van der Waals surface area contributed by atoms with Crippen molar-refractivity contribution in [1.82, 2.24) is 9.80 Å². The third-order valence-electron chi connectivity index (χ3n) is 9.29. The monoisotopic (exact) mass is 612 g/mol. The first-order chi connectivity index (χ1) is 20.8. The van der Waals surface area contributed by atoms with Crippen LogP contribution in [-0.2, 0) is 33.3 Å². The van der Waals surface area contributed by atoms with Crippen LogP contribution in [-0.4, -0.2) is 111 Å². The maximum absolute atomic E-state index is 11.9. The van der Waals surface area contributed by atoms with Crippen LogP contribution in [0.25, 0.3) is 0 Å². The fourth-order valence-corrected chi connectivity index (χ4v) is 6.70.